The summed E-state index contributed by atoms with van der Waals surface area (Å²) < 4.78 is 28.1. The fraction of sp³-hybridized carbons (Fsp3) is 0.308. The van der Waals surface area contributed by atoms with Gasteiger partial charge in [-0.15, -0.1) is 0 Å². The monoisotopic (exact) mass is 252 g/mol. The molecule has 96 valence electrons. The maximum absolute atomic E-state index is 13.1. The molecule has 1 N–H and O–H groups in total. The molecular weight excluding hydrogens is 238 g/mol. The van der Waals surface area contributed by atoms with E-state index in [1.807, 2.05) is 4.57 Å². The quantitative estimate of drug-likeness (QED) is 0.831. The van der Waals surface area contributed by atoms with Gasteiger partial charge in [-0.2, -0.15) is 0 Å². The average molecular weight is 252 g/mol. The van der Waals surface area contributed by atoms with Crippen molar-refractivity contribution in [2.75, 3.05) is 6.61 Å². The first-order chi connectivity index (χ1) is 8.70. The van der Waals surface area contributed by atoms with Crippen molar-refractivity contribution in [3.05, 3.63) is 42.2 Å². The van der Waals surface area contributed by atoms with E-state index in [0.717, 1.165) is 12.5 Å². The highest BCUT2D eigenvalue weighted by atomic mass is 19.1. The van der Waals surface area contributed by atoms with Crippen molar-refractivity contribution in [3.8, 4) is 11.4 Å². The van der Waals surface area contributed by atoms with E-state index < -0.39 is 11.6 Å². The molecule has 0 aliphatic rings. The van der Waals surface area contributed by atoms with Crippen LogP contribution in [0, 0.1) is 11.6 Å². The molecule has 0 atom stereocenters. The molecule has 3 nitrogen and oxygen atoms in total. The summed E-state index contributed by atoms with van der Waals surface area (Å²) >= 11 is 0. The largest absolute Gasteiger partial charge is 0.396 e. The molecule has 0 aliphatic heterocycles. The van der Waals surface area contributed by atoms with Gasteiger partial charge in [0.1, 0.15) is 17.5 Å². The van der Waals surface area contributed by atoms with Gasteiger partial charge >= 0.3 is 0 Å². The maximum Gasteiger partial charge on any atom is 0.140 e. The van der Waals surface area contributed by atoms with Crippen LogP contribution in [-0.4, -0.2) is 21.3 Å². The van der Waals surface area contributed by atoms with Crippen LogP contribution in [0.2, 0.25) is 0 Å². The van der Waals surface area contributed by atoms with E-state index in [4.69, 9.17) is 5.11 Å². The number of hydrogen-bond acceptors (Lipinski definition) is 2. The molecule has 2 rings (SSSR count). The molecule has 1 aromatic heterocycles. The molecule has 0 fully saturated rings. The van der Waals surface area contributed by atoms with Gasteiger partial charge < -0.3 is 9.67 Å². The van der Waals surface area contributed by atoms with Crippen LogP contribution in [0.5, 0.6) is 0 Å². The van der Waals surface area contributed by atoms with Gasteiger partial charge in [-0.25, -0.2) is 13.8 Å². The molecule has 2 aromatic rings. The highest BCUT2D eigenvalue weighted by Gasteiger charge is 2.08. The molecule has 5 heteroatoms. The molecule has 18 heavy (non-hydrogen) atoms. The number of hydrogen-bond donors (Lipinski definition) is 1. The lowest BCUT2D eigenvalue weighted by Gasteiger charge is -2.07. The fourth-order valence-electron chi connectivity index (χ4n) is 1.83. The lowest BCUT2D eigenvalue weighted by molar-refractivity contribution is 0.281. The van der Waals surface area contributed by atoms with Crippen LogP contribution in [0.15, 0.2) is 30.6 Å². The van der Waals surface area contributed by atoms with Crippen molar-refractivity contribution in [1.29, 1.82) is 0 Å². The summed E-state index contributed by atoms with van der Waals surface area (Å²) in [5.41, 5.74) is 0.418. The zero-order chi connectivity index (χ0) is 13.0. The van der Waals surface area contributed by atoms with Crippen molar-refractivity contribution >= 4 is 0 Å². The molecule has 1 aromatic carbocycles. The van der Waals surface area contributed by atoms with Gasteiger partial charge in [-0.3, -0.25) is 0 Å². The van der Waals surface area contributed by atoms with Gasteiger partial charge in [0, 0.05) is 37.2 Å². The Morgan fingerprint density at radius 1 is 1.11 bits per heavy atom. The second kappa shape index (κ2) is 5.73. The minimum atomic E-state index is -0.616. The van der Waals surface area contributed by atoms with Crippen LogP contribution in [0.4, 0.5) is 8.78 Å². The second-order valence-corrected chi connectivity index (χ2v) is 4.03. The molecular formula is C13H14F2N2O. The number of unbranched alkanes of at least 4 members (excludes halogenated alkanes) is 1. The molecule has 0 unspecified atom stereocenters. The standard InChI is InChI=1S/C13H14F2N2O/c14-11-7-10(8-12(15)9-11)13-16-3-5-17(13)4-1-2-6-18/h3,5,7-9,18H,1-2,4,6H2. The van der Waals surface area contributed by atoms with Gasteiger partial charge in [0.05, 0.1) is 0 Å². The first-order valence-corrected chi connectivity index (χ1v) is 5.79. The van der Waals surface area contributed by atoms with E-state index in [9.17, 15) is 8.78 Å². The van der Waals surface area contributed by atoms with Crippen LogP contribution in [0.1, 0.15) is 12.8 Å². The lowest BCUT2D eigenvalue weighted by Crippen LogP contribution is -2.01. The predicted molar refractivity (Wildman–Crippen MR) is 63.9 cm³/mol. The number of benzene rings is 1. The first-order valence-electron chi connectivity index (χ1n) is 5.79. The summed E-state index contributed by atoms with van der Waals surface area (Å²) in [4.78, 5) is 4.11. The summed E-state index contributed by atoms with van der Waals surface area (Å²) in [6.07, 6.45) is 4.83. The van der Waals surface area contributed by atoms with E-state index in [2.05, 4.69) is 4.98 Å². The highest BCUT2D eigenvalue weighted by molar-refractivity contribution is 5.55. The van der Waals surface area contributed by atoms with Crippen LogP contribution < -0.4 is 0 Å². The van der Waals surface area contributed by atoms with E-state index in [1.165, 1.54) is 12.1 Å². The summed E-state index contributed by atoms with van der Waals surface area (Å²) in [5, 5.41) is 8.73. The SMILES string of the molecule is OCCCCn1ccnc1-c1cc(F)cc(F)c1. The third kappa shape index (κ3) is 2.92. The zero-order valence-corrected chi connectivity index (χ0v) is 9.81. The molecule has 0 saturated carbocycles. The minimum Gasteiger partial charge on any atom is -0.396 e. The normalized spacial score (nSPS) is 10.8. The first kappa shape index (κ1) is 12.7. The Labute approximate surface area is 104 Å². The zero-order valence-electron chi connectivity index (χ0n) is 9.81. The Bertz CT molecular complexity index is 505. The Kier molecular flexibility index (Phi) is 4.04. The van der Waals surface area contributed by atoms with E-state index >= 15 is 0 Å². The van der Waals surface area contributed by atoms with Gasteiger partial charge in [-0.05, 0) is 25.0 Å². The Morgan fingerprint density at radius 2 is 1.83 bits per heavy atom. The number of aryl methyl sites for hydroxylation is 1. The second-order valence-electron chi connectivity index (χ2n) is 4.03. The third-order valence-corrected chi connectivity index (χ3v) is 2.64. The maximum atomic E-state index is 13.1. The Morgan fingerprint density at radius 3 is 2.50 bits per heavy atom. The van der Waals surface area contributed by atoms with Crippen molar-refractivity contribution in [2.45, 2.75) is 19.4 Å². The Balaban J connectivity index is 2.24. The fourth-order valence-corrected chi connectivity index (χ4v) is 1.83. The average Bonchev–Trinajstić information content (AvgIpc) is 2.76. The van der Waals surface area contributed by atoms with Crippen LogP contribution >= 0.6 is 0 Å². The van der Waals surface area contributed by atoms with Crippen molar-refractivity contribution < 1.29 is 13.9 Å². The van der Waals surface area contributed by atoms with Gasteiger partial charge in [0.15, 0.2) is 0 Å². The minimum absolute atomic E-state index is 0.138. The summed E-state index contributed by atoms with van der Waals surface area (Å²) in [6.45, 7) is 0.798. The number of aromatic nitrogens is 2. The molecule has 0 bridgehead atoms. The van der Waals surface area contributed by atoms with Gasteiger partial charge in [0.25, 0.3) is 0 Å². The third-order valence-electron chi connectivity index (χ3n) is 2.64. The van der Waals surface area contributed by atoms with E-state index in [0.29, 0.717) is 24.4 Å². The van der Waals surface area contributed by atoms with Gasteiger partial charge in [0.2, 0.25) is 0 Å². The van der Waals surface area contributed by atoms with Crippen molar-refractivity contribution in [1.82, 2.24) is 9.55 Å². The molecule has 0 amide bonds. The Hall–Kier alpha value is -1.75. The molecule has 0 saturated heterocycles. The van der Waals surface area contributed by atoms with E-state index in [-0.39, 0.29) is 6.61 Å². The number of aliphatic hydroxyl groups excluding tert-OH is 1. The van der Waals surface area contributed by atoms with E-state index in [1.54, 1.807) is 12.4 Å². The predicted octanol–water partition coefficient (Wildman–Crippen LogP) is 2.60. The number of imidazole rings is 1. The summed E-state index contributed by atoms with van der Waals surface area (Å²) in [6, 6.07) is 3.35. The van der Waals surface area contributed by atoms with Crippen molar-refractivity contribution in [2.24, 2.45) is 0 Å². The van der Waals surface area contributed by atoms with Crippen LogP contribution in [0.3, 0.4) is 0 Å². The number of halogens is 2. The molecule has 0 aliphatic carbocycles. The number of rotatable bonds is 5. The smallest absolute Gasteiger partial charge is 0.140 e. The number of nitrogens with zero attached hydrogens (tertiary/aromatic N) is 2. The molecule has 1 heterocycles. The highest BCUT2D eigenvalue weighted by Crippen LogP contribution is 2.20. The number of aliphatic hydroxyl groups is 1. The lowest BCUT2D eigenvalue weighted by atomic mass is 10.2. The van der Waals surface area contributed by atoms with Crippen LogP contribution in [-0.2, 0) is 6.54 Å². The molecule has 0 spiro atoms. The van der Waals surface area contributed by atoms with Crippen molar-refractivity contribution in [3.63, 3.8) is 0 Å². The topological polar surface area (TPSA) is 38.0 Å². The summed E-state index contributed by atoms with van der Waals surface area (Å²) in [5.74, 6) is -0.698. The molecule has 0 radical (unpaired) electrons. The summed E-state index contributed by atoms with van der Waals surface area (Å²) in [7, 11) is 0. The van der Waals surface area contributed by atoms with Gasteiger partial charge in [-0.1, -0.05) is 0 Å². The van der Waals surface area contributed by atoms with Crippen LogP contribution in [0.25, 0.3) is 11.4 Å².